The molecule has 1 N–H and O–H groups in total. The van der Waals surface area contributed by atoms with Crippen LogP contribution in [0.15, 0.2) is 24.3 Å². The monoisotopic (exact) mass is 233 g/mol. The molecule has 0 saturated heterocycles. The Hall–Kier alpha value is -1.15. The van der Waals surface area contributed by atoms with Crippen LogP contribution in [0, 0.1) is 0 Å². The maximum absolute atomic E-state index is 11.9. The fraction of sp³-hybridized carbons (Fsp3) is 0.533. The summed E-state index contributed by atoms with van der Waals surface area (Å²) in [6, 6.07) is 8.46. The normalized spacial score (nSPS) is 10.8. The summed E-state index contributed by atoms with van der Waals surface area (Å²) in [6.45, 7) is 7.27. The Morgan fingerprint density at radius 2 is 1.88 bits per heavy atom. The van der Waals surface area contributed by atoms with Gasteiger partial charge in [-0.05, 0) is 24.9 Å². The van der Waals surface area contributed by atoms with Crippen molar-refractivity contribution in [3.05, 3.63) is 35.4 Å². The van der Waals surface area contributed by atoms with Crippen molar-refractivity contribution in [2.75, 3.05) is 6.54 Å². The molecule has 2 nitrogen and oxygen atoms in total. The van der Waals surface area contributed by atoms with Crippen molar-refractivity contribution in [3.63, 3.8) is 0 Å². The molecule has 0 aliphatic carbocycles. The zero-order valence-electron chi connectivity index (χ0n) is 11.1. The van der Waals surface area contributed by atoms with E-state index in [4.69, 9.17) is 0 Å². The minimum atomic E-state index is 0.248. The maximum Gasteiger partial charge on any atom is 0.162 e. The number of benzene rings is 1. The number of carbonyl (C=O) groups is 1. The van der Waals surface area contributed by atoms with Gasteiger partial charge in [0, 0.05) is 18.0 Å². The third-order valence-corrected chi connectivity index (χ3v) is 2.82. The molecule has 0 fully saturated rings. The number of rotatable bonds is 7. The summed E-state index contributed by atoms with van der Waals surface area (Å²) in [5.41, 5.74) is 2.12. The average molecular weight is 233 g/mol. The predicted octanol–water partition coefficient (Wildman–Crippen LogP) is 3.21. The minimum absolute atomic E-state index is 0.248. The second-order valence-electron chi connectivity index (χ2n) is 4.69. The smallest absolute Gasteiger partial charge is 0.162 e. The topological polar surface area (TPSA) is 29.1 Å². The highest BCUT2D eigenvalue weighted by atomic mass is 16.1. The van der Waals surface area contributed by atoms with E-state index in [1.165, 1.54) is 5.56 Å². The van der Waals surface area contributed by atoms with Crippen LogP contribution in [0.3, 0.4) is 0 Å². The van der Waals surface area contributed by atoms with Gasteiger partial charge in [-0.15, -0.1) is 0 Å². The van der Waals surface area contributed by atoms with Crippen LogP contribution in [0.4, 0.5) is 0 Å². The second-order valence-corrected chi connectivity index (χ2v) is 4.69. The third kappa shape index (κ3) is 5.14. The third-order valence-electron chi connectivity index (χ3n) is 2.82. The highest BCUT2D eigenvalue weighted by molar-refractivity contribution is 5.96. The van der Waals surface area contributed by atoms with E-state index < -0.39 is 0 Å². The van der Waals surface area contributed by atoms with Crippen LogP contribution >= 0.6 is 0 Å². The van der Waals surface area contributed by atoms with Gasteiger partial charge in [0.05, 0.1) is 0 Å². The zero-order chi connectivity index (χ0) is 12.7. The van der Waals surface area contributed by atoms with E-state index in [9.17, 15) is 4.79 Å². The zero-order valence-corrected chi connectivity index (χ0v) is 11.1. The minimum Gasteiger partial charge on any atom is -0.315 e. The Bertz CT molecular complexity index is 340. The highest BCUT2D eigenvalue weighted by Crippen LogP contribution is 2.08. The number of hydrogen-bond acceptors (Lipinski definition) is 2. The largest absolute Gasteiger partial charge is 0.315 e. The van der Waals surface area contributed by atoms with E-state index in [-0.39, 0.29) is 5.78 Å². The first-order valence-electron chi connectivity index (χ1n) is 6.49. The van der Waals surface area contributed by atoms with Crippen molar-refractivity contribution in [1.29, 1.82) is 0 Å². The van der Waals surface area contributed by atoms with Crippen LogP contribution in [0.5, 0.6) is 0 Å². The van der Waals surface area contributed by atoms with Crippen molar-refractivity contribution in [3.8, 4) is 0 Å². The maximum atomic E-state index is 11.9. The number of hydrogen-bond donors (Lipinski definition) is 1. The summed E-state index contributed by atoms with van der Waals surface area (Å²) in [5.74, 6) is 0.248. The first-order valence-corrected chi connectivity index (χ1v) is 6.49. The number of carbonyl (C=O) groups excluding carboxylic acids is 1. The predicted molar refractivity (Wildman–Crippen MR) is 72.5 cm³/mol. The summed E-state index contributed by atoms with van der Waals surface area (Å²) in [7, 11) is 0. The first kappa shape index (κ1) is 13.9. The number of aryl methyl sites for hydroxylation is 1. The summed E-state index contributed by atoms with van der Waals surface area (Å²) < 4.78 is 0. The summed E-state index contributed by atoms with van der Waals surface area (Å²) in [5, 5.41) is 3.32. The molecule has 0 atom stereocenters. The Morgan fingerprint density at radius 3 is 2.41 bits per heavy atom. The molecule has 0 aliphatic heterocycles. The lowest BCUT2D eigenvalue weighted by Gasteiger charge is -2.07. The van der Waals surface area contributed by atoms with E-state index in [2.05, 4.69) is 26.1 Å². The molecule has 0 unspecified atom stereocenters. The molecule has 17 heavy (non-hydrogen) atoms. The van der Waals surface area contributed by atoms with Crippen LogP contribution in [0.1, 0.15) is 49.5 Å². The molecular formula is C15H23NO. The van der Waals surface area contributed by atoms with Gasteiger partial charge in [-0.1, -0.05) is 45.0 Å². The van der Waals surface area contributed by atoms with Gasteiger partial charge in [-0.25, -0.2) is 0 Å². The fourth-order valence-corrected chi connectivity index (χ4v) is 1.71. The number of nitrogens with one attached hydrogen (secondary N) is 1. The van der Waals surface area contributed by atoms with Gasteiger partial charge in [-0.2, -0.15) is 0 Å². The summed E-state index contributed by atoms with van der Waals surface area (Å²) in [6.07, 6.45) is 2.56. The lowest BCUT2D eigenvalue weighted by atomic mass is 10.0. The van der Waals surface area contributed by atoms with Gasteiger partial charge in [0.25, 0.3) is 0 Å². The van der Waals surface area contributed by atoms with Gasteiger partial charge >= 0.3 is 0 Å². The molecule has 0 saturated carbocycles. The molecule has 0 aliphatic rings. The van der Waals surface area contributed by atoms with Crippen molar-refractivity contribution >= 4 is 5.78 Å². The average Bonchev–Trinajstić information content (AvgIpc) is 2.34. The van der Waals surface area contributed by atoms with Crippen LogP contribution in [0.2, 0.25) is 0 Å². The first-order chi connectivity index (χ1) is 8.13. The van der Waals surface area contributed by atoms with Crippen molar-refractivity contribution in [1.82, 2.24) is 5.32 Å². The Morgan fingerprint density at radius 1 is 1.24 bits per heavy atom. The quantitative estimate of drug-likeness (QED) is 0.579. The SMILES string of the molecule is CCc1ccc(C(=O)CCCNC(C)C)cc1. The van der Waals surface area contributed by atoms with Crippen LogP contribution in [0.25, 0.3) is 0 Å². The molecular weight excluding hydrogens is 210 g/mol. The van der Waals surface area contributed by atoms with Crippen molar-refractivity contribution in [2.45, 2.75) is 46.1 Å². The van der Waals surface area contributed by atoms with Crippen LogP contribution in [-0.2, 0) is 6.42 Å². The second kappa shape index (κ2) is 7.23. The van der Waals surface area contributed by atoms with Gasteiger partial charge < -0.3 is 5.32 Å². The van der Waals surface area contributed by atoms with Crippen molar-refractivity contribution in [2.24, 2.45) is 0 Å². The van der Waals surface area contributed by atoms with E-state index >= 15 is 0 Å². The number of Topliss-reactive ketones (excluding diaryl/α,β-unsaturated/α-hetero) is 1. The summed E-state index contributed by atoms with van der Waals surface area (Å²) in [4.78, 5) is 11.9. The van der Waals surface area contributed by atoms with Gasteiger partial charge in [0.15, 0.2) is 5.78 Å². The Labute approximate surface area is 104 Å². The van der Waals surface area contributed by atoms with Crippen LogP contribution < -0.4 is 5.32 Å². The van der Waals surface area contributed by atoms with Crippen LogP contribution in [-0.4, -0.2) is 18.4 Å². The molecule has 0 aromatic heterocycles. The lowest BCUT2D eigenvalue weighted by molar-refractivity contribution is 0.0980. The van der Waals surface area contributed by atoms with Gasteiger partial charge in [-0.3, -0.25) is 4.79 Å². The van der Waals surface area contributed by atoms with E-state index in [0.29, 0.717) is 12.5 Å². The molecule has 0 spiro atoms. The molecule has 0 radical (unpaired) electrons. The lowest BCUT2D eigenvalue weighted by Crippen LogP contribution is -2.24. The van der Waals surface area contributed by atoms with Gasteiger partial charge in [0.2, 0.25) is 0 Å². The van der Waals surface area contributed by atoms with Gasteiger partial charge in [0.1, 0.15) is 0 Å². The highest BCUT2D eigenvalue weighted by Gasteiger charge is 2.05. The molecule has 1 aromatic rings. The molecule has 1 rings (SSSR count). The summed E-state index contributed by atoms with van der Waals surface area (Å²) >= 11 is 0. The Balaban J connectivity index is 2.36. The molecule has 94 valence electrons. The molecule has 0 bridgehead atoms. The van der Waals surface area contributed by atoms with E-state index in [0.717, 1.165) is 24.9 Å². The Kier molecular flexibility index (Phi) is 5.92. The molecule has 0 heterocycles. The fourth-order valence-electron chi connectivity index (χ4n) is 1.71. The molecule has 1 aromatic carbocycles. The standard InChI is InChI=1S/C15H23NO/c1-4-13-7-9-14(10-8-13)15(17)6-5-11-16-12(2)3/h7-10,12,16H,4-6,11H2,1-3H3. The number of ketones is 1. The molecule has 0 amide bonds. The van der Waals surface area contributed by atoms with Crippen molar-refractivity contribution < 1.29 is 4.79 Å². The molecule has 2 heteroatoms. The van der Waals surface area contributed by atoms with E-state index in [1.807, 2.05) is 24.3 Å². The van der Waals surface area contributed by atoms with E-state index in [1.54, 1.807) is 0 Å².